The number of esters is 4. The second-order valence-corrected chi connectivity index (χ2v) is 23.5. The van der Waals surface area contributed by atoms with E-state index in [2.05, 4.69) is 0 Å². The highest BCUT2D eigenvalue weighted by Gasteiger charge is 2.52. The van der Waals surface area contributed by atoms with Gasteiger partial charge in [0.05, 0.1) is 33.3 Å². The standard InChI is InChI=1S/C46H74N4O12/c1-39(2)19-27(20-40(3,4)47(39)55)59-35(51)31-17-33(37(53)61-29-23-43(9,10)49(57)44(11,12)24-29)34(38(54)62-30-25-45(13,14)50(58)46(15,16)26-30)18-32(31)36(52)60-28-21-41(5,6)48(56)42(7,8)22-28/h17-18,27-30,55-58H,19-26H2,1-16H3/p+1. The summed E-state index contributed by atoms with van der Waals surface area (Å²) in [6, 6.07) is 2.30. The Morgan fingerprint density at radius 2 is 0.565 bits per heavy atom. The Kier molecular flexibility index (Phi) is 13.1. The van der Waals surface area contributed by atoms with Gasteiger partial charge in [0.15, 0.2) is 0 Å². The van der Waals surface area contributed by atoms with Gasteiger partial charge in [-0.15, -0.1) is 0 Å². The summed E-state index contributed by atoms with van der Waals surface area (Å²) in [5.74, 6) is -3.75. The minimum Gasteiger partial charge on any atom is -0.459 e. The molecule has 1 aromatic rings. The van der Waals surface area contributed by atoms with Crippen molar-refractivity contribution in [3.63, 3.8) is 0 Å². The van der Waals surface area contributed by atoms with Crippen molar-refractivity contribution in [2.45, 2.75) is 231 Å². The first-order valence-electron chi connectivity index (χ1n) is 21.9. The fourth-order valence-corrected chi connectivity index (χ4v) is 11.2. The van der Waals surface area contributed by atoms with Crippen LogP contribution in [0.4, 0.5) is 0 Å². The highest BCUT2D eigenvalue weighted by atomic mass is 16.6. The largest absolute Gasteiger partial charge is 0.459 e. The van der Waals surface area contributed by atoms with E-state index in [0.29, 0.717) is 12.8 Å². The van der Waals surface area contributed by atoms with Crippen LogP contribution in [0, 0.1) is 0 Å². The molecule has 62 heavy (non-hydrogen) atoms. The predicted octanol–water partition coefficient (Wildman–Crippen LogP) is 7.21. The zero-order valence-corrected chi connectivity index (χ0v) is 40.0. The molecule has 0 unspecified atom stereocenters. The highest BCUT2D eigenvalue weighted by molar-refractivity contribution is 6.10. The maximum Gasteiger partial charge on any atom is 0.339 e. The van der Waals surface area contributed by atoms with Gasteiger partial charge in [-0.05, 0) is 123 Å². The fourth-order valence-electron chi connectivity index (χ4n) is 11.2. The lowest BCUT2D eigenvalue weighted by Crippen LogP contribution is -2.61. The summed E-state index contributed by atoms with van der Waals surface area (Å²) < 4.78 is 24.6. The van der Waals surface area contributed by atoms with Crippen molar-refractivity contribution < 1.29 is 59.0 Å². The van der Waals surface area contributed by atoms with Crippen molar-refractivity contribution in [2.24, 2.45) is 0 Å². The number of ether oxygens (including phenoxy) is 4. The van der Waals surface area contributed by atoms with E-state index >= 15 is 0 Å². The molecule has 4 heterocycles. The molecule has 0 atom stereocenters. The lowest BCUT2D eigenvalue weighted by molar-refractivity contribution is -0.257. The Labute approximate surface area is 367 Å². The van der Waals surface area contributed by atoms with Crippen LogP contribution in [-0.2, 0) is 18.9 Å². The van der Waals surface area contributed by atoms with Crippen molar-refractivity contribution in [2.75, 3.05) is 0 Å². The van der Waals surface area contributed by atoms with Gasteiger partial charge in [-0.1, -0.05) is 5.06 Å². The number of piperidine rings is 4. The lowest BCUT2D eigenvalue weighted by Gasteiger charge is -2.51. The minimum atomic E-state index is -0.943. The predicted molar refractivity (Wildman–Crippen MR) is 229 cm³/mol. The molecular formula is C46H75N4O12+. The van der Waals surface area contributed by atoms with Crippen LogP contribution in [0.5, 0.6) is 0 Å². The van der Waals surface area contributed by atoms with Crippen LogP contribution in [-0.4, -0.2) is 134 Å². The molecule has 0 saturated carbocycles. The average molecular weight is 876 g/mol. The topological polar surface area (TPSA) is 202 Å². The molecule has 4 saturated heterocycles. The van der Waals surface area contributed by atoms with E-state index < -0.39 is 92.6 Å². The van der Waals surface area contributed by atoms with Crippen LogP contribution in [0.15, 0.2) is 12.1 Å². The van der Waals surface area contributed by atoms with Gasteiger partial charge in [0.1, 0.15) is 24.4 Å². The quantitative estimate of drug-likeness (QED) is 0.134. The lowest BCUT2D eigenvalue weighted by atomic mass is 9.80. The number of benzene rings is 1. The van der Waals surface area contributed by atoms with Crippen LogP contribution < -0.4 is 0 Å². The van der Waals surface area contributed by atoms with E-state index in [-0.39, 0.29) is 60.8 Å². The second kappa shape index (κ2) is 16.3. The Hall–Kier alpha value is -3.22. The van der Waals surface area contributed by atoms with Crippen LogP contribution in [0.3, 0.4) is 0 Å². The summed E-state index contributed by atoms with van der Waals surface area (Å²) in [6.45, 7) is 29.5. The number of hydroxylamine groups is 8. The molecule has 0 radical (unpaired) electrons. The first-order chi connectivity index (χ1) is 27.9. The second-order valence-electron chi connectivity index (χ2n) is 23.5. The summed E-state index contributed by atoms with van der Waals surface area (Å²) in [5, 5.41) is 46.9. The zero-order valence-electron chi connectivity index (χ0n) is 40.0. The van der Waals surface area contributed by atoms with E-state index in [0.717, 1.165) is 12.1 Å². The SMILES string of the molecule is CC1(C)CC(OC(=O)c2cc(C(=O)OC3CC(C)(C)N(O)C(C)(C)C3)c(C(=O)OC3CC(C)(C)N([OH2+])C(C)(C)C3)cc2C(=O)OC2CC(C)(C)N(O)C(C)(C)C2)CC(C)(C)N1O. The van der Waals surface area contributed by atoms with Crippen LogP contribution in [0.1, 0.15) is 204 Å². The monoisotopic (exact) mass is 876 g/mol. The molecule has 4 aliphatic rings. The first kappa shape index (κ1) is 49.8. The normalized spacial score (nSPS) is 26.6. The number of nitrogens with zero attached hydrogens (tertiary/aromatic N) is 4. The molecule has 0 spiro atoms. The van der Waals surface area contributed by atoms with Gasteiger partial charge in [0.2, 0.25) is 0 Å². The van der Waals surface area contributed by atoms with Gasteiger partial charge in [-0.2, -0.15) is 15.2 Å². The summed E-state index contributed by atoms with van der Waals surface area (Å²) >= 11 is 0. The van der Waals surface area contributed by atoms with Crippen LogP contribution in [0.25, 0.3) is 0 Å². The van der Waals surface area contributed by atoms with Crippen LogP contribution in [0.2, 0.25) is 0 Å². The van der Waals surface area contributed by atoms with Gasteiger partial charge in [0, 0.05) is 84.6 Å². The Morgan fingerprint density at radius 1 is 0.403 bits per heavy atom. The van der Waals surface area contributed by atoms with E-state index in [1.165, 1.54) is 20.3 Å². The van der Waals surface area contributed by atoms with Gasteiger partial charge < -0.3 is 39.8 Å². The fraction of sp³-hybridized carbons (Fsp3) is 0.783. The molecule has 0 aliphatic carbocycles. The van der Waals surface area contributed by atoms with Crippen LogP contribution >= 0.6 is 0 Å². The van der Waals surface area contributed by atoms with Gasteiger partial charge >= 0.3 is 23.9 Å². The molecular weight excluding hydrogens is 801 g/mol. The van der Waals surface area contributed by atoms with Gasteiger partial charge in [-0.3, -0.25) is 0 Å². The Morgan fingerprint density at radius 3 is 0.742 bits per heavy atom. The summed E-state index contributed by atoms with van der Waals surface area (Å²) in [7, 11) is 0. The molecule has 1 aromatic carbocycles. The molecule has 16 nitrogen and oxygen atoms in total. The number of carbonyl (C=O) groups excluding carboxylic acids is 4. The van der Waals surface area contributed by atoms with Crippen molar-refractivity contribution in [1.82, 2.24) is 20.3 Å². The number of hydrogen-bond donors (Lipinski definition) is 3. The Balaban J connectivity index is 1.63. The summed E-state index contributed by atoms with van der Waals surface area (Å²) in [6.07, 6.45) is -0.678. The molecule has 4 fully saturated rings. The molecule has 350 valence electrons. The molecule has 5 N–H and O–H groups in total. The number of carbonyl (C=O) groups is 4. The molecule has 0 bridgehead atoms. The number of rotatable bonds is 8. The van der Waals surface area contributed by atoms with Crippen molar-refractivity contribution in [1.29, 1.82) is 0 Å². The summed E-state index contributed by atoms with van der Waals surface area (Å²) in [4.78, 5) is 58.2. The van der Waals surface area contributed by atoms with Gasteiger partial charge in [0.25, 0.3) is 0 Å². The summed E-state index contributed by atoms with van der Waals surface area (Å²) in [5.41, 5.74) is -7.38. The zero-order chi connectivity index (χ0) is 47.1. The highest BCUT2D eigenvalue weighted by Crippen LogP contribution is 2.43. The van der Waals surface area contributed by atoms with E-state index in [9.17, 15) is 34.8 Å². The average Bonchev–Trinajstić information content (AvgIpc) is 3.09. The maximum absolute atomic E-state index is 14.6. The maximum atomic E-state index is 14.6. The molecule has 0 amide bonds. The van der Waals surface area contributed by atoms with Gasteiger partial charge in [-0.25, -0.2) is 19.2 Å². The van der Waals surface area contributed by atoms with E-state index in [4.69, 9.17) is 24.2 Å². The van der Waals surface area contributed by atoms with Crippen molar-refractivity contribution >= 4 is 23.9 Å². The molecule has 16 heteroatoms. The Bertz CT molecular complexity index is 1580. The first-order valence-corrected chi connectivity index (χ1v) is 21.9. The third-order valence-corrected chi connectivity index (χ3v) is 13.6. The third kappa shape index (κ3) is 10.0. The molecule has 0 aromatic heterocycles. The third-order valence-electron chi connectivity index (χ3n) is 13.6. The van der Waals surface area contributed by atoms with Crippen molar-refractivity contribution in [3.05, 3.63) is 34.4 Å². The molecule has 4 aliphatic heterocycles. The van der Waals surface area contributed by atoms with E-state index in [1.54, 1.807) is 0 Å². The smallest absolute Gasteiger partial charge is 0.339 e. The van der Waals surface area contributed by atoms with Crippen molar-refractivity contribution in [3.8, 4) is 0 Å². The minimum absolute atomic E-state index is 0.251. The molecule has 5 rings (SSSR count). The number of hydrogen-bond acceptors (Lipinski definition) is 15. The van der Waals surface area contributed by atoms with E-state index in [1.807, 2.05) is 111 Å².